The standard InChI is InChI=1S/C7H14N2O2.ClH/c1-4-5-6(8)7(10)9(2)11-3;/h4,6H,1,5,8H2,2-3H3;1H/t6-;/m0./s1. The zero-order valence-corrected chi connectivity index (χ0v) is 8.13. The number of nitrogens with two attached hydrogens (primary N) is 1. The van der Waals surface area contributed by atoms with Crippen LogP contribution in [0.3, 0.4) is 0 Å². The Balaban J connectivity index is 0. The molecule has 0 aliphatic rings. The minimum Gasteiger partial charge on any atom is -0.320 e. The fourth-order valence-corrected chi connectivity index (χ4v) is 0.604. The second kappa shape index (κ2) is 7.09. The van der Waals surface area contributed by atoms with Gasteiger partial charge in [-0.2, -0.15) is 0 Å². The lowest BCUT2D eigenvalue weighted by Gasteiger charge is -2.17. The van der Waals surface area contributed by atoms with E-state index < -0.39 is 6.04 Å². The molecule has 0 aromatic carbocycles. The fraction of sp³-hybridized carbons (Fsp3) is 0.571. The normalized spacial score (nSPS) is 11.2. The van der Waals surface area contributed by atoms with Crippen LogP contribution < -0.4 is 5.73 Å². The minimum atomic E-state index is -0.544. The molecule has 72 valence electrons. The molecule has 0 aliphatic heterocycles. The Bertz CT molecular complexity index is 152. The molecule has 1 amide bonds. The number of hydrogen-bond donors (Lipinski definition) is 1. The summed E-state index contributed by atoms with van der Waals surface area (Å²) in [5.41, 5.74) is 5.46. The first-order chi connectivity index (χ1) is 5.13. The molecule has 12 heavy (non-hydrogen) atoms. The number of halogens is 1. The average molecular weight is 195 g/mol. The van der Waals surface area contributed by atoms with Gasteiger partial charge in [0.05, 0.1) is 13.2 Å². The van der Waals surface area contributed by atoms with E-state index in [1.807, 2.05) is 0 Å². The van der Waals surface area contributed by atoms with E-state index in [1.165, 1.54) is 14.2 Å². The average Bonchev–Trinajstić information content (AvgIpc) is 2.02. The second-order valence-corrected chi connectivity index (χ2v) is 2.15. The molecule has 1 atom stereocenters. The molecule has 0 aromatic rings. The van der Waals surface area contributed by atoms with Crippen molar-refractivity contribution in [2.75, 3.05) is 14.2 Å². The monoisotopic (exact) mass is 194 g/mol. The molecule has 5 heteroatoms. The first-order valence-electron chi connectivity index (χ1n) is 3.31. The molecule has 0 bridgehead atoms. The Kier molecular flexibility index (Phi) is 8.26. The zero-order valence-electron chi connectivity index (χ0n) is 7.32. The van der Waals surface area contributed by atoms with Crippen LogP contribution >= 0.6 is 12.4 Å². The summed E-state index contributed by atoms with van der Waals surface area (Å²) in [4.78, 5) is 15.7. The molecule has 0 heterocycles. The quantitative estimate of drug-likeness (QED) is 0.519. The van der Waals surface area contributed by atoms with Crippen LogP contribution in [0.1, 0.15) is 6.42 Å². The van der Waals surface area contributed by atoms with Crippen LogP contribution in [0.5, 0.6) is 0 Å². The summed E-state index contributed by atoms with van der Waals surface area (Å²) in [7, 11) is 2.93. The molecule has 0 radical (unpaired) electrons. The van der Waals surface area contributed by atoms with Crippen molar-refractivity contribution in [2.45, 2.75) is 12.5 Å². The topological polar surface area (TPSA) is 55.6 Å². The Labute approximate surface area is 78.7 Å². The van der Waals surface area contributed by atoms with Crippen molar-refractivity contribution in [1.82, 2.24) is 5.06 Å². The van der Waals surface area contributed by atoms with Gasteiger partial charge in [-0.3, -0.25) is 9.63 Å². The van der Waals surface area contributed by atoms with Gasteiger partial charge in [-0.15, -0.1) is 19.0 Å². The van der Waals surface area contributed by atoms with E-state index in [9.17, 15) is 4.79 Å². The maximum atomic E-state index is 11.1. The van der Waals surface area contributed by atoms with Crippen LogP contribution in [0.2, 0.25) is 0 Å². The predicted molar refractivity (Wildman–Crippen MR) is 49.8 cm³/mol. The SMILES string of the molecule is C=CC[C@H](N)C(=O)N(C)OC.Cl. The highest BCUT2D eigenvalue weighted by molar-refractivity contribution is 5.85. The van der Waals surface area contributed by atoms with Crippen molar-refractivity contribution in [2.24, 2.45) is 5.73 Å². The van der Waals surface area contributed by atoms with Crippen LogP contribution in [0, 0.1) is 0 Å². The molecule has 0 unspecified atom stereocenters. The highest BCUT2D eigenvalue weighted by Gasteiger charge is 2.15. The number of carbonyl (C=O) groups is 1. The third-order valence-electron chi connectivity index (χ3n) is 1.32. The Morgan fingerprint density at radius 1 is 1.83 bits per heavy atom. The summed E-state index contributed by atoms with van der Waals surface area (Å²) in [5.74, 6) is -0.243. The van der Waals surface area contributed by atoms with E-state index in [1.54, 1.807) is 6.08 Å². The van der Waals surface area contributed by atoms with Crippen molar-refractivity contribution in [3.05, 3.63) is 12.7 Å². The Morgan fingerprint density at radius 3 is 2.67 bits per heavy atom. The lowest BCUT2D eigenvalue weighted by Crippen LogP contribution is -2.40. The van der Waals surface area contributed by atoms with E-state index in [0.717, 1.165) is 5.06 Å². The molecule has 4 nitrogen and oxygen atoms in total. The molecule has 0 aromatic heterocycles. The number of carbonyl (C=O) groups excluding carboxylic acids is 1. The van der Waals surface area contributed by atoms with Crippen LogP contribution in [0.4, 0.5) is 0 Å². The van der Waals surface area contributed by atoms with Gasteiger partial charge in [0.25, 0.3) is 5.91 Å². The number of nitrogens with zero attached hydrogens (tertiary/aromatic N) is 1. The number of likely N-dealkylation sites (N-methyl/N-ethyl adjacent to an activating group) is 1. The highest BCUT2D eigenvalue weighted by atomic mass is 35.5. The van der Waals surface area contributed by atoms with Crippen molar-refractivity contribution in [3.8, 4) is 0 Å². The maximum absolute atomic E-state index is 11.1. The van der Waals surface area contributed by atoms with E-state index >= 15 is 0 Å². The summed E-state index contributed by atoms with van der Waals surface area (Å²) in [5, 5.41) is 1.11. The number of hydroxylamine groups is 2. The molecular formula is C7H15ClN2O2. The van der Waals surface area contributed by atoms with Gasteiger partial charge in [-0.25, -0.2) is 5.06 Å². The van der Waals surface area contributed by atoms with Crippen molar-refractivity contribution < 1.29 is 9.63 Å². The highest BCUT2D eigenvalue weighted by Crippen LogP contribution is 1.94. The van der Waals surface area contributed by atoms with Gasteiger partial charge in [-0.1, -0.05) is 6.08 Å². The summed E-state index contributed by atoms with van der Waals surface area (Å²) >= 11 is 0. The smallest absolute Gasteiger partial charge is 0.263 e. The first kappa shape index (κ1) is 14.0. The van der Waals surface area contributed by atoms with Crippen LogP contribution in [0.25, 0.3) is 0 Å². The predicted octanol–water partition coefficient (Wildman–Crippen LogP) is 0.331. The van der Waals surface area contributed by atoms with E-state index in [2.05, 4.69) is 11.4 Å². The number of hydrogen-bond acceptors (Lipinski definition) is 3. The third-order valence-corrected chi connectivity index (χ3v) is 1.32. The second-order valence-electron chi connectivity index (χ2n) is 2.15. The van der Waals surface area contributed by atoms with Crippen molar-refractivity contribution >= 4 is 18.3 Å². The van der Waals surface area contributed by atoms with Gasteiger partial charge in [0.2, 0.25) is 0 Å². The summed E-state index contributed by atoms with van der Waals surface area (Å²) in [6.07, 6.45) is 2.07. The molecule has 0 saturated heterocycles. The molecular weight excluding hydrogens is 180 g/mol. The van der Waals surface area contributed by atoms with Gasteiger partial charge in [0.1, 0.15) is 0 Å². The lowest BCUT2D eigenvalue weighted by atomic mass is 10.2. The van der Waals surface area contributed by atoms with Gasteiger partial charge in [0, 0.05) is 7.05 Å². The van der Waals surface area contributed by atoms with Crippen molar-refractivity contribution in [1.29, 1.82) is 0 Å². The van der Waals surface area contributed by atoms with Crippen molar-refractivity contribution in [3.63, 3.8) is 0 Å². The minimum absolute atomic E-state index is 0. The number of rotatable bonds is 4. The summed E-state index contributed by atoms with van der Waals surface area (Å²) in [6.45, 7) is 3.48. The van der Waals surface area contributed by atoms with Crippen LogP contribution in [0.15, 0.2) is 12.7 Å². The third kappa shape index (κ3) is 4.33. The molecule has 0 rings (SSSR count). The molecule has 0 saturated carbocycles. The maximum Gasteiger partial charge on any atom is 0.263 e. The molecule has 0 spiro atoms. The Morgan fingerprint density at radius 2 is 2.33 bits per heavy atom. The lowest BCUT2D eigenvalue weighted by molar-refractivity contribution is -0.170. The number of amides is 1. The van der Waals surface area contributed by atoms with Crippen LogP contribution in [-0.2, 0) is 9.63 Å². The summed E-state index contributed by atoms with van der Waals surface area (Å²) < 4.78 is 0. The van der Waals surface area contributed by atoms with E-state index in [-0.39, 0.29) is 18.3 Å². The Hall–Kier alpha value is -0.580. The first-order valence-corrected chi connectivity index (χ1v) is 3.31. The van der Waals surface area contributed by atoms with E-state index in [4.69, 9.17) is 5.73 Å². The molecule has 2 N–H and O–H groups in total. The summed E-state index contributed by atoms with van der Waals surface area (Å²) in [6, 6.07) is -0.544. The van der Waals surface area contributed by atoms with E-state index in [0.29, 0.717) is 6.42 Å². The van der Waals surface area contributed by atoms with Gasteiger partial charge >= 0.3 is 0 Å². The molecule has 0 aliphatic carbocycles. The van der Waals surface area contributed by atoms with Crippen LogP contribution in [-0.4, -0.2) is 31.2 Å². The fourth-order valence-electron chi connectivity index (χ4n) is 0.604. The zero-order chi connectivity index (χ0) is 8.85. The molecule has 0 fully saturated rings. The van der Waals surface area contributed by atoms with Gasteiger partial charge in [0.15, 0.2) is 0 Å². The largest absolute Gasteiger partial charge is 0.320 e. The van der Waals surface area contributed by atoms with Gasteiger partial charge < -0.3 is 5.73 Å². The van der Waals surface area contributed by atoms with Gasteiger partial charge in [-0.05, 0) is 6.42 Å².